The molecular formula is C15H19N5O. The van der Waals surface area contributed by atoms with Crippen molar-refractivity contribution in [2.75, 3.05) is 19.6 Å². The first-order chi connectivity index (χ1) is 10.2. The molecule has 1 aromatic heterocycles. The summed E-state index contributed by atoms with van der Waals surface area (Å²) in [5.41, 5.74) is 2.63. The molecule has 0 saturated carbocycles. The quantitative estimate of drug-likeness (QED) is 0.894. The third-order valence-electron chi connectivity index (χ3n) is 3.89. The van der Waals surface area contributed by atoms with Gasteiger partial charge in [0, 0.05) is 31.2 Å². The number of nitrogens with one attached hydrogen (secondary N) is 1. The Kier molecular flexibility index (Phi) is 3.70. The molecule has 3 rings (SSSR count). The standard InChI is InChI=1S/C15H19N5O/c1-11-7-13(20-10-17-9-18-20)3-4-14(11)15(21)19-6-5-16-8-12(19)2/h3-4,7,9-10,12,16H,5-6,8H2,1-2H3/t12-/m1/s1. The van der Waals surface area contributed by atoms with Gasteiger partial charge < -0.3 is 10.2 Å². The second-order valence-corrected chi connectivity index (χ2v) is 5.39. The average molecular weight is 285 g/mol. The molecule has 1 N–H and O–H groups in total. The first kappa shape index (κ1) is 13.8. The zero-order valence-corrected chi connectivity index (χ0v) is 12.3. The van der Waals surface area contributed by atoms with Crippen molar-refractivity contribution in [3.8, 4) is 5.69 Å². The fourth-order valence-electron chi connectivity index (χ4n) is 2.67. The first-order valence-corrected chi connectivity index (χ1v) is 7.14. The molecule has 0 aliphatic carbocycles. The molecule has 1 atom stereocenters. The predicted octanol–water partition coefficient (Wildman–Crippen LogP) is 1.01. The van der Waals surface area contributed by atoms with Crippen LogP contribution >= 0.6 is 0 Å². The molecule has 6 heteroatoms. The van der Waals surface area contributed by atoms with Crippen molar-refractivity contribution in [3.05, 3.63) is 42.0 Å². The summed E-state index contributed by atoms with van der Waals surface area (Å²) < 4.78 is 1.69. The Morgan fingerprint density at radius 2 is 2.29 bits per heavy atom. The molecule has 2 aromatic rings. The summed E-state index contributed by atoms with van der Waals surface area (Å²) in [5, 5.41) is 7.41. The number of hydrogen-bond acceptors (Lipinski definition) is 4. The summed E-state index contributed by atoms with van der Waals surface area (Å²) in [5.74, 6) is 0.103. The highest BCUT2D eigenvalue weighted by Crippen LogP contribution is 2.17. The summed E-state index contributed by atoms with van der Waals surface area (Å²) in [7, 11) is 0. The number of rotatable bonds is 2. The van der Waals surface area contributed by atoms with Gasteiger partial charge in [0.1, 0.15) is 12.7 Å². The van der Waals surface area contributed by atoms with Gasteiger partial charge in [0.05, 0.1) is 5.69 Å². The molecule has 0 radical (unpaired) electrons. The topological polar surface area (TPSA) is 63.1 Å². The fraction of sp³-hybridized carbons (Fsp3) is 0.400. The number of carbonyl (C=O) groups is 1. The summed E-state index contributed by atoms with van der Waals surface area (Å²) in [6.07, 6.45) is 3.14. The number of aromatic nitrogens is 3. The van der Waals surface area contributed by atoms with Crippen molar-refractivity contribution in [2.45, 2.75) is 19.9 Å². The number of piperazine rings is 1. The highest BCUT2D eigenvalue weighted by molar-refractivity contribution is 5.96. The molecule has 0 unspecified atom stereocenters. The Bertz CT molecular complexity index is 638. The van der Waals surface area contributed by atoms with Gasteiger partial charge in [0.2, 0.25) is 0 Å². The van der Waals surface area contributed by atoms with Crippen LogP contribution in [0.1, 0.15) is 22.8 Å². The Labute approximate surface area is 123 Å². The molecule has 0 bridgehead atoms. The zero-order valence-electron chi connectivity index (χ0n) is 12.3. The van der Waals surface area contributed by atoms with Gasteiger partial charge in [-0.15, -0.1) is 0 Å². The SMILES string of the molecule is Cc1cc(-n2cncn2)ccc1C(=O)N1CCNC[C@H]1C. The van der Waals surface area contributed by atoms with Crippen LogP contribution in [0.25, 0.3) is 5.69 Å². The van der Waals surface area contributed by atoms with Gasteiger partial charge in [0.15, 0.2) is 0 Å². The van der Waals surface area contributed by atoms with E-state index in [1.165, 1.54) is 6.33 Å². The summed E-state index contributed by atoms with van der Waals surface area (Å²) in [6.45, 7) is 6.49. The summed E-state index contributed by atoms with van der Waals surface area (Å²) in [6, 6.07) is 5.97. The van der Waals surface area contributed by atoms with E-state index in [-0.39, 0.29) is 11.9 Å². The number of aryl methyl sites for hydroxylation is 1. The second-order valence-electron chi connectivity index (χ2n) is 5.39. The van der Waals surface area contributed by atoms with Crippen LogP contribution in [0.2, 0.25) is 0 Å². The molecule has 1 aliphatic rings. The van der Waals surface area contributed by atoms with Gasteiger partial charge in [-0.2, -0.15) is 5.10 Å². The Balaban J connectivity index is 1.87. The van der Waals surface area contributed by atoms with Crippen LogP contribution in [0.4, 0.5) is 0 Å². The van der Waals surface area contributed by atoms with Crippen LogP contribution in [0.15, 0.2) is 30.9 Å². The second kappa shape index (κ2) is 5.65. The largest absolute Gasteiger partial charge is 0.333 e. The molecular weight excluding hydrogens is 266 g/mol. The minimum absolute atomic E-state index is 0.103. The highest BCUT2D eigenvalue weighted by atomic mass is 16.2. The van der Waals surface area contributed by atoms with E-state index in [0.29, 0.717) is 0 Å². The number of amides is 1. The molecule has 110 valence electrons. The smallest absolute Gasteiger partial charge is 0.254 e. The van der Waals surface area contributed by atoms with Crippen LogP contribution < -0.4 is 5.32 Å². The lowest BCUT2D eigenvalue weighted by Crippen LogP contribution is -2.52. The number of carbonyl (C=O) groups excluding carboxylic acids is 1. The van der Waals surface area contributed by atoms with E-state index in [0.717, 1.165) is 36.4 Å². The van der Waals surface area contributed by atoms with Crippen molar-refractivity contribution in [2.24, 2.45) is 0 Å². The fourth-order valence-corrected chi connectivity index (χ4v) is 2.67. The number of nitrogens with zero attached hydrogens (tertiary/aromatic N) is 4. The van der Waals surface area contributed by atoms with Crippen LogP contribution in [0.3, 0.4) is 0 Å². The van der Waals surface area contributed by atoms with E-state index in [4.69, 9.17) is 0 Å². The third kappa shape index (κ3) is 2.67. The van der Waals surface area contributed by atoms with E-state index >= 15 is 0 Å². The lowest BCUT2D eigenvalue weighted by Gasteiger charge is -2.34. The molecule has 1 aromatic carbocycles. The molecule has 1 fully saturated rings. The highest BCUT2D eigenvalue weighted by Gasteiger charge is 2.25. The molecule has 6 nitrogen and oxygen atoms in total. The number of benzene rings is 1. The van der Waals surface area contributed by atoms with Crippen LogP contribution in [-0.2, 0) is 0 Å². The Morgan fingerprint density at radius 3 is 2.95 bits per heavy atom. The molecule has 21 heavy (non-hydrogen) atoms. The van der Waals surface area contributed by atoms with Crippen molar-refractivity contribution in [1.82, 2.24) is 25.0 Å². The van der Waals surface area contributed by atoms with Crippen LogP contribution in [0, 0.1) is 6.92 Å². The van der Waals surface area contributed by atoms with Gasteiger partial charge in [-0.05, 0) is 37.6 Å². The van der Waals surface area contributed by atoms with Crippen molar-refractivity contribution < 1.29 is 4.79 Å². The van der Waals surface area contributed by atoms with Gasteiger partial charge in [-0.25, -0.2) is 9.67 Å². The van der Waals surface area contributed by atoms with E-state index < -0.39 is 0 Å². The maximum absolute atomic E-state index is 12.7. The Hall–Kier alpha value is -2.21. The molecule has 1 amide bonds. The minimum atomic E-state index is 0.103. The van der Waals surface area contributed by atoms with Crippen LogP contribution in [-0.4, -0.2) is 51.2 Å². The van der Waals surface area contributed by atoms with Gasteiger partial charge >= 0.3 is 0 Å². The third-order valence-corrected chi connectivity index (χ3v) is 3.89. The van der Waals surface area contributed by atoms with Gasteiger partial charge in [0.25, 0.3) is 5.91 Å². The summed E-state index contributed by atoms with van der Waals surface area (Å²) >= 11 is 0. The van der Waals surface area contributed by atoms with E-state index in [2.05, 4.69) is 22.3 Å². The van der Waals surface area contributed by atoms with E-state index in [1.807, 2.05) is 30.0 Å². The zero-order chi connectivity index (χ0) is 14.8. The number of hydrogen-bond donors (Lipinski definition) is 1. The van der Waals surface area contributed by atoms with E-state index in [1.54, 1.807) is 11.0 Å². The van der Waals surface area contributed by atoms with Crippen LogP contribution in [0.5, 0.6) is 0 Å². The first-order valence-electron chi connectivity index (χ1n) is 7.14. The molecule has 1 saturated heterocycles. The molecule has 2 heterocycles. The lowest BCUT2D eigenvalue weighted by molar-refractivity contribution is 0.0655. The minimum Gasteiger partial charge on any atom is -0.333 e. The van der Waals surface area contributed by atoms with Gasteiger partial charge in [-0.1, -0.05) is 0 Å². The van der Waals surface area contributed by atoms with E-state index in [9.17, 15) is 4.79 Å². The van der Waals surface area contributed by atoms with Crippen molar-refractivity contribution >= 4 is 5.91 Å². The lowest BCUT2D eigenvalue weighted by atomic mass is 10.0. The van der Waals surface area contributed by atoms with Crippen molar-refractivity contribution in [1.29, 1.82) is 0 Å². The average Bonchev–Trinajstić information content (AvgIpc) is 3.01. The normalized spacial score (nSPS) is 18.8. The summed E-state index contributed by atoms with van der Waals surface area (Å²) in [4.78, 5) is 18.6. The maximum atomic E-state index is 12.7. The maximum Gasteiger partial charge on any atom is 0.254 e. The predicted molar refractivity (Wildman–Crippen MR) is 79.5 cm³/mol. The molecule has 1 aliphatic heterocycles. The molecule has 0 spiro atoms. The Morgan fingerprint density at radius 1 is 1.43 bits per heavy atom. The van der Waals surface area contributed by atoms with Crippen molar-refractivity contribution in [3.63, 3.8) is 0 Å². The monoisotopic (exact) mass is 285 g/mol. The van der Waals surface area contributed by atoms with Gasteiger partial charge in [-0.3, -0.25) is 4.79 Å².